The molecule has 0 fully saturated rings. The van der Waals surface area contributed by atoms with E-state index in [2.05, 4.69) is 0 Å². The Morgan fingerprint density at radius 2 is 2.24 bits per heavy atom. The third-order valence-electron chi connectivity index (χ3n) is 2.21. The molecule has 0 aliphatic rings. The molecule has 2 nitrogen and oxygen atoms in total. The van der Waals surface area contributed by atoms with Crippen LogP contribution in [0.15, 0.2) is 36.4 Å². The fraction of sp³-hybridized carbons (Fsp3) is 0.308. The molecule has 0 radical (unpaired) electrons. The molecule has 1 heterocycles. The first-order valence-corrected chi connectivity index (χ1v) is 6.69. The zero-order chi connectivity index (χ0) is 12.7. The number of amides is 1. The maximum Gasteiger partial charge on any atom is 0.246 e. The van der Waals surface area contributed by atoms with Crippen LogP contribution in [0.3, 0.4) is 0 Å². The van der Waals surface area contributed by atoms with Crippen LogP contribution >= 0.6 is 22.9 Å². The molecule has 0 saturated heterocycles. The molecule has 0 N–H and O–H groups in total. The molecule has 17 heavy (non-hydrogen) atoms. The number of likely N-dealkylation sites (N-methyl/N-ethyl adjacent to an activating group) is 1. The summed E-state index contributed by atoms with van der Waals surface area (Å²) in [7, 11) is 0. The van der Waals surface area contributed by atoms with Crippen molar-refractivity contribution in [1.29, 1.82) is 0 Å². The molecule has 0 spiro atoms. The van der Waals surface area contributed by atoms with E-state index in [0.29, 0.717) is 13.1 Å². The lowest BCUT2D eigenvalue weighted by atomic mass is 10.3. The zero-order valence-electron chi connectivity index (χ0n) is 10.0. The van der Waals surface area contributed by atoms with Crippen LogP contribution in [0.5, 0.6) is 0 Å². The Kier molecular flexibility index (Phi) is 6.01. The lowest BCUT2D eigenvalue weighted by Crippen LogP contribution is -2.28. The van der Waals surface area contributed by atoms with Gasteiger partial charge in [-0.05, 0) is 26.0 Å². The predicted molar refractivity (Wildman–Crippen MR) is 74.4 cm³/mol. The summed E-state index contributed by atoms with van der Waals surface area (Å²) >= 11 is 7.37. The first kappa shape index (κ1) is 14.0. The van der Waals surface area contributed by atoms with Gasteiger partial charge in [0, 0.05) is 17.5 Å². The van der Waals surface area contributed by atoms with Crippen molar-refractivity contribution in [3.8, 4) is 0 Å². The van der Waals surface area contributed by atoms with Crippen LogP contribution in [0.2, 0.25) is 4.34 Å². The minimum absolute atomic E-state index is 0.0233. The van der Waals surface area contributed by atoms with Gasteiger partial charge in [-0.2, -0.15) is 0 Å². The molecule has 4 heteroatoms. The van der Waals surface area contributed by atoms with E-state index in [1.54, 1.807) is 17.1 Å². The van der Waals surface area contributed by atoms with Crippen LogP contribution in [0, 0.1) is 0 Å². The van der Waals surface area contributed by atoms with Gasteiger partial charge in [0.25, 0.3) is 0 Å². The molecular formula is C13H16ClNOS. The molecule has 0 aliphatic heterocycles. The zero-order valence-corrected chi connectivity index (χ0v) is 11.6. The van der Waals surface area contributed by atoms with Gasteiger partial charge in [-0.3, -0.25) is 4.79 Å². The maximum absolute atomic E-state index is 11.8. The second-order valence-corrected chi connectivity index (χ2v) is 5.24. The molecule has 0 saturated carbocycles. The Labute approximate surface area is 111 Å². The quantitative estimate of drug-likeness (QED) is 0.587. The summed E-state index contributed by atoms with van der Waals surface area (Å²) in [6, 6.07) is 3.81. The monoisotopic (exact) mass is 269 g/mol. The second kappa shape index (κ2) is 7.30. The lowest BCUT2D eigenvalue weighted by molar-refractivity contribution is -0.126. The molecule has 1 amide bonds. The number of rotatable bonds is 5. The number of thiophene rings is 1. The van der Waals surface area contributed by atoms with Crippen molar-refractivity contribution in [1.82, 2.24) is 4.90 Å². The molecule has 0 atom stereocenters. The largest absolute Gasteiger partial charge is 0.334 e. The Morgan fingerprint density at radius 3 is 2.76 bits per heavy atom. The molecule has 0 bridgehead atoms. The Balaban J connectivity index is 2.62. The van der Waals surface area contributed by atoms with Crippen molar-refractivity contribution >= 4 is 28.8 Å². The maximum atomic E-state index is 11.8. The van der Waals surface area contributed by atoms with Crippen molar-refractivity contribution in [3.63, 3.8) is 0 Å². The van der Waals surface area contributed by atoms with E-state index in [9.17, 15) is 4.79 Å². The van der Waals surface area contributed by atoms with Crippen LogP contribution < -0.4 is 0 Å². The van der Waals surface area contributed by atoms with E-state index in [1.807, 2.05) is 38.1 Å². The highest BCUT2D eigenvalue weighted by molar-refractivity contribution is 7.16. The van der Waals surface area contributed by atoms with E-state index >= 15 is 0 Å². The van der Waals surface area contributed by atoms with E-state index in [0.717, 1.165) is 9.21 Å². The predicted octanol–water partition coefficient (Wildman–Crippen LogP) is 3.88. The van der Waals surface area contributed by atoms with Crippen LogP contribution in [0.1, 0.15) is 18.7 Å². The van der Waals surface area contributed by atoms with Crippen molar-refractivity contribution < 1.29 is 4.79 Å². The Hall–Kier alpha value is -1.06. The molecule has 0 aromatic carbocycles. The van der Waals surface area contributed by atoms with Crippen molar-refractivity contribution in [3.05, 3.63) is 45.7 Å². The van der Waals surface area contributed by atoms with E-state index in [4.69, 9.17) is 11.6 Å². The number of allylic oxidation sites excluding steroid dienone is 3. The van der Waals surface area contributed by atoms with E-state index in [-0.39, 0.29) is 5.91 Å². The standard InChI is InChI=1S/C13H16ClNOS/c1-3-5-6-7-13(16)15(4-2)10-11-8-9-12(14)17-11/h3,5-9H,4,10H2,1-2H3/b5-3+,7-6+. The number of halogens is 1. The molecule has 0 aliphatic carbocycles. The average molecular weight is 270 g/mol. The van der Waals surface area contributed by atoms with Gasteiger partial charge in [0.1, 0.15) is 0 Å². The van der Waals surface area contributed by atoms with Gasteiger partial charge in [-0.15, -0.1) is 11.3 Å². The Morgan fingerprint density at radius 1 is 1.47 bits per heavy atom. The van der Waals surface area contributed by atoms with E-state index in [1.165, 1.54) is 11.3 Å². The molecule has 0 unspecified atom stereocenters. The average Bonchev–Trinajstić information content (AvgIpc) is 2.72. The number of hydrogen-bond donors (Lipinski definition) is 0. The summed E-state index contributed by atoms with van der Waals surface area (Å²) < 4.78 is 0.757. The number of carbonyl (C=O) groups excluding carboxylic acids is 1. The van der Waals surface area contributed by atoms with Gasteiger partial charge < -0.3 is 4.90 Å². The highest BCUT2D eigenvalue weighted by Gasteiger charge is 2.09. The molecule has 1 rings (SSSR count). The Bertz CT molecular complexity index is 423. The van der Waals surface area contributed by atoms with Gasteiger partial charge in [0.15, 0.2) is 0 Å². The topological polar surface area (TPSA) is 20.3 Å². The molecule has 1 aromatic rings. The van der Waals surface area contributed by atoms with Gasteiger partial charge in [0.2, 0.25) is 5.91 Å². The highest BCUT2D eigenvalue weighted by atomic mass is 35.5. The van der Waals surface area contributed by atoms with Gasteiger partial charge >= 0.3 is 0 Å². The molecular weight excluding hydrogens is 254 g/mol. The van der Waals surface area contributed by atoms with Crippen molar-refractivity contribution in [2.24, 2.45) is 0 Å². The number of hydrogen-bond acceptors (Lipinski definition) is 2. The first-order valence-electron chi connectivity index (χ1n) is 5.49. The minimum atomic E-state index is 0.0233. The van der Waals surface area contributed by atoms with Gasteiger partial charge in [0.05, 0.1) is 10.9 Å². The normalized spacial score (nSPS) is 11.5. The van der Waals surface area contributed by atoms with Crippen molar-refractivity contribution in [2.75, 3.05) is 6.54 Å². The summed E-state index contributed by atoms with van der Waals surface area (Å²) in [4.78, 5) is 14.7. The van der Waals surface area contributed by atoms with Crippen molar-refractivity contribution in [2.45, 2.75) is 20.4 Å². The second-order valence-electron chi connectivity index (χ2n) is 3.44. The van der Waals surface area contributed by atoms with Crippen LogP contribution in [-0.4, -0.2) is 17.4 Å². The SMILES string of the molecule is C/C=C/C=C/C(=O)N(CC)Cc1ccc(Cl)s1. The fourth-order valence-corrected chi connectivity index (χ4v) is 2.43. The number of carbonyl (C=O) groups is 1. The summed E-state index contributed by atoms with van der Waals surface area (Å²) in [6.45, 7) is 5.19. The third-order valence-corrected chi connectivity index (χ3v) is 3.43. The first-order chi connectivity index (χ1) is 8.17. The van der Waals surface area contributed by atoms with Gasteiger partial charge in [-0.25, -0.2) is 0 Å². The third kappa shape index (κ3) is 4.75. The lowest BCUT2D eigenvalue weighted by Gasteiger charge is -2.17. The molecule has 92 valence electrons. The number of nitrogens with zero attached hydrogens (tertiary/aromatic N) is 1. The summed E-state index contributed by atoms with van der Waals surface area (Å²) in [5.74, 6) is 0.0233. The van der Waals surface area contributed by atoms with Crippen LogP contribution in [-0.2, 0) is 11.3 Å². The van der Waals surface area contributed by atoms with Crippen LogP contribution in [0.25, 0.3) is 0 Å². The smallest absolute Gasteiger partial charge is 0.246 e. The summed E-state index contributed by atoms with van der Waals surface area (Å²) in [5.41, 5.74) is 0. The molecule has 1 aromatic heterocycles. The van der Waals surface area contributed by atoms with E-state index < -0.39 is 0 Å². The van der Waals surface area contributed by atoms with Crippen LogP contribution in [0.4, 0.5) is 0 Å². The minimum Gasteiger partial charge on any atom is -0.334 e. The summed E-state index contributed by atoms with van der Waals surface area (Å²) in [5, 5.41) is 0. The highest BCUT2D eigenvalue weighted by Crippen LogP contribution is 2.22. The van der Waals surface area contributed by atoms with Gasteiger partial charge in [-0.1, -0.05) is 29.8 Å². The summed E-state index contributed by atoms with van der Waals surface area (Å²) in [6.07, 6.45) is 7.07. The fourth-order valence-electron chi connectivity index (χ4n) is 1.32.